The zero-order valence-electron chi connectivity index (χ0n) is 5.06. The Hall–Kier alpha value is 1.58. The van der Waals surface area contributed by atoms with Gasteiger partial charge in [0.15, 0.2) is 0 Å². The van der Waals surface area contributed by atoms with Gasteiger partial charge in [-0.1, -0.05) is 0 Å². The summed E-state index contributed by atoms with van der Waals surface area (Å²) in [5.41, 5.74) is 0. The average Bonchev–Trinajstić information content (AvgIpc) is 1.62. The molecule has 8 heavy (non-hydrogen) atoms. The van der Waals surface area contributed by atoms with Crippen LogP contribution in [-0.4, -0.2) is 34.1 Å². The predicted octanol–water partition coefficient (Wildman–Crippen LogP) is 1.72. The number of hydrogen-bond donors (Lipinski definition) is 0. The first-order valence-corrected chi connectivity index (χ1v) is 13.9. The molecular weight excluding hydrogens is 327 g/mol. The van der Waals surface area contributed by atoms with Crippen molar-refractivity contribution in [3.8, 4) is 0 Å². The molecule has 0 aromatic rings. The molecule has 1 heterocycles. The third-order valence-electron chi connectivity index (χ3n) is 1.29. The third-order valence-corrected chi connectivity index (χ3v) is 13.9. The molecule has 0 N–H and O–H groups in total. The summed E-state index contributed by atoms with van der Waals surface area (Å²) in [4.78, 5) is 0. The van der Waals surface area contributed by atoms with Gasteiger partial charge in [-0.15, -0.1) is 0 Å². The van der Waals surface area contributed by atoms with E-state index in [1.807, 2.05) is 0 Å². The Balaban J connectivity index is 2.00. The van der Waals surface area contributed by atoms with Gasteiger partial charge >= 0.3 is 68.7 Å². The molecule has 0 bridgehead atoms. The average molecular weight is 339 g/mol. The zero-order chi connectivity index (χ0) is 5.66. The molecule has 0 aromatic heterocycles. The van der Waals surface area contributed by atoms with E-state index in [4.69, 9.17) is 0 Å². The first-order valence-electron chi connectivity index (χ1n) is 3.24. The van der Waals surface area contributed by atoms with Gasteiger partial charge in [-0.25, -0.2) is 0 Å². The first kappa shape index (κ1) is 7.68. The topological polar surface area (TPSA) is 0 Å². The van der Waals surface area contributed by atoms with E-state index in [0.29, 0.717) is 34.1 Å². The van der Waals surface area contributed by atoms with E-state index in [-0.39, 0.29) is 0 Å². The Morgan fingerprint density at radius 3 is 1.62 bits per heavy atom. The fourth-order valence-electron chi connectivity index (χ4n) is 0.793. The van der Waals surface area contributed by atoms with Crippen molar-refractivity contribution in [3.05, 3.63) is 0 Å². The van der Waals surface area contributed by atoms with Crippen molar-refractivity contribution in [2.45, 2.75) is 34.6 Å². The molecule has 1 fully saturated rings. The second kappa shape index (κ2) is 5.37. The number of hydrogen-bond acceptors (Lipinski definition) is 0. The second-order valence-electron chi connectivity index (χ2n) is 2.06. The van der Waals surface area contributed by atoms with Gasteiger partial charge in [-0.05, 0) is 0 Å². The van der Waals surface area contributed by atoms with Crippen LogP contribution in [0.5, 0.6) is 0 Å². The Morgan fingerprint density at radius 1 is 0.625 bits per heavy atom. The minimum absolute atomic E-state index is 0.649. The summed E-state index contributed by atoms with van der Waals surface area (Å²) in [5.74, 6) is 0. The number of rotatable bonds is 0. The monoisotopic (exact) mass is 344 g/mol. The van der Waals surface area contributed by atoms with Crippen molar-refractivity contribution < 1.29 is 0 Å². The van der Waals surface area contributed by atoms with Crippen molar-refractivity contribution in [2.75, 3.05) is 0 Å². The summed E-state index contributed by atoms with van der Waals surface area (Å²) in [6.07, 6.45) is 6.29. The predicted molar refractivity (Wildman–Crippen MR) is 39.6 cm³/mol. The van der Waals surface area contributed by atoms with Gasteiger partial charge in [0.2, 0.25) is 0 Å². The minimum atomic E-state index is 0.649. The molecule has 0 amide bonds. The Bertz CT molecular complexity index is 30.5. The van der Waals surface area contributed by atoms with Gasteiger partial charge in [-0.2, -0.15) is 0 Å². The zero-order valence-corrected chi connectivity index (χ0v) is 9.72. The van der Waals surface area contributed by atoms with Gasteiger partial charge < -0.3 is 0 Å². The summed E-state index contributed by atoms with van der Waals surface area (Å²) in [6, 6.07) is 0. The van der Waals surface area contributed by atoms with Gasteiger partial charge in [-0.3, -0.25) is 0 Å². The molecule has 2 heteroatoms. The maximum atomic E-state index is 1.69. The molecule has 1 rings (SSSR count). The van der Waals surface area contributed by atoms with Crippen LogP contribution in [0.15, 0.2) is 0 Å². The van der Waals surface area contributed by atoms with Crippen LogP contribution in [0, 0.1) is 0 Å². The second-order valence-corrected chi connectivity index (χ2v) is 14.8. The molecule has 0 spiro atoms. The van der Waals surface area contributed by atoms with Crippen LogP contribution in [0.2, 0.25) is 8.94 Å². The Morgan fingerprint density at radius 2 is 1.12 bits per heavy atom. The SMILES string of the molecule is C1CCC[Te][Te]CC1. The first-order chi connectivity index (χ1) is 4.00. The molecule has 0 radical (unpaired) electrons. The molecule has 0 unspecified atom stereocenters. The van der Waals surface area contributed by atoms with Crippen molar-refractivity contribution in [2.24, 2.45) is 0 Å². The normalized spacial score (nSPS) is 24.0. The summed E-state index contributed by atoms with van der Waals surface area (Å²) < 4.78 is 3.38. The van der Waals surface area contributed by atoms with E-state index in [9.17, 15) is 0 Å². The molecule has 0 atom stereocenters. The van der Waals surface area contributed by atoms with Crippen LogP contribution in [0.25, 0.3) is 0 Å². The van der Waals surface area contributed by atoms with Crippen molar-refractivity contribution in [3.63, 3.8) is 0 Å². The molecule has 1 aliphatic rings. The fraction of sp³-hybridized carbons (Fsp3) is 1.00. The van der Waals surface area contributed by atoms with Gasteiger partial charge in [0, 0.05) is 0 Å². The third kappa shape index (κ3) is 3.58. The van der Waals surface area contributed by atoms with Gasteiger partial charge in [0.05, 0.1) is 0 Å². The van der Waals surface area contributed by atoms with Crippen molar-refractivity contribution in [1.29, 1.82) is 0 Å². The molecular formula is C6H12Te2. The molecule has 48 valence electrons. The van der Waals surface area contributed by atoms with E-state index in [1.54, 1.807) is 34.6 Å². The maximum absolute atomic E-state index is 1.69. The molecule has 1 saturated heterocycles. The summed E-state index contributed by atoms with van der Waals surface area (Å²) in [5, 5.41) is 0. The van der Waals surface area contributed by atoms with Gasteiger partial charge in [0.1, 0.15) is 0 Å². The van der Waals surface area contributed by atoms with Gasteiger partial charge in [0.25, 0.3) is 0 Å². The molecule has 0 nitrogen and oxygen atoms in total. The van der Waals surface area contributed by atoms with E-state index in [2.05, 4.69) is 0 Å². The van der Waals surface area contributed by atoms with Crippen LogP contribution in [0.1, 0.15) is 25.7 Å². The van der Waals surface area contributed by atoms with Crippen LogP contribution >= 0.6 is 0 Å². The Kier molecular flexibility index (Phi) is 5.16. The molecule has 0 saturated carbocycles. The van der Waals surface area contributed by atoms with E-state index in [1.165, 1.54) is 0 Å². The fourth-order valence-corrected chi connectivity index (χ4v) is 12.3. The summed E-state index contributed by atoms with van der Waals surface area (Å²) in [6.45, 7) is 0. The van der Waals surface area contributed by atoms with Crippen LogP contribution in [0.3, 0.4) is 0 Å². The van der Waals surface area contributed by atoms with Crippen molar-refractivity contribution >= 4 is 34.1 Å². The molecule has 1 aliphatic heterocycles. The molecule has 0 aromatic carbocycles. The van der Waals surface area contributed by atoms with E-state index in [0.717, 1.165) is 0 Å². The molecule has 0 aliphatic carbocycles. The van der Waals surface area contributed by atoms with Crippen molar-refractivity contribution in [1.82, 2.24) is 0 Å². The standard InChI is InChI=1S/C6H12Te2/c1-2-4-6-8-7-5-3-1/h1-6H2. The van der Waals surface area contributed by atoms with Crippen LogP contribution < -0.4 is 0 Å². The van der Waals surface area contributed by atoms with Crippen LogP contribution in [0.4, 0.5) is 0 Å². The summed E-state index contributed by atoms with van der Waals surface area (Å²) in [7, 11) is 0. The van der Waals surface area contributed by atoms with Crippen LogP contribution in [-0.2, 0) is 0 Å². The summed E-state index contributed by atoms with van der Waals surface area (Å²) >= 11 is 1.30. The quantitative estimate of drug-likeness (QED) is 0.590. The Labute approximate surface area is 68.1 Å². The van der Waals surface area contributed by atoms with E-state index < -0.39 is 0 Å². The van der Waals surface area contributed by atoms with E-state index >= 15 is 0 Å².